The average Bonchev–Trinajstić information content (AvgIpc) is 2.54. The van der Waals surface area contributed by atoms with Crippen LogP contribution in [0.25, 0.3) is 0 Å². The van der Waals surface area contributed by atoms with E-state index in [0.29, 0.717) is 18.0 Å². The zero-order chi connectivity index (χ0) is 16.7. The first kappa shape index (κ1) is 16.8. The van der Waals surface area contributed by atoms with Crippen molar-refractivity contribution in [1.82, 2.24) is 5.32 Å². The molecule has 1 unspecified atom stereocenters. The third-order valence-electron chi connectivity index (χ3n) is 3.40. The van der Waals surface area contributed by atoms with E-state index in [-0.39, 0.29) is 17.9 Å². The number of hydrogen-bond acceptors (Lipinski definition) is 2. The van der Waals surface area contributed by atoms with Crippen LogP contribution in [0.3, 0.4) is 0 Å². The zero-order valence-corrected chi connectivity index (χ0v) is 13.3. The molecule has 2 aromatic carbocycles. The Balaban J connectivity index is 1.85. The number of anilines is 1. The lowest BCUT2D eigenvalue weighted by atomic mass is 10.2. The van der Waals surface area contributed by atoms with Crippen LogP contribution in [0.4, 0.5) is 14.9 Å². The van der Waals surface area contributed by atoms with Crippen molar-refractivity contribution >= 4 is 11.7 Å². The minimum atomic E-state index is -0.280. The van der Waals surface area contributed by atoms with Gasteiger partial charge in [-0.05, 0) is 55.3 Å². The number of benzene rings is 2. The molecule has 2 N–H and O–H groups in total. The van der Waals surface area contributed by atoms with E-state index in [9.17, 15) is 9.18 Å². The fourth-order valence-electron chi connectivity index (χ4n) is 1.92. The van der Waals surface area contributed by atoms with Gasteiger partial charge in [-0.25, -0.2) is 9.18 Å². The maximum atomic E-state index is 13.1. The molecule has 122 valence electrons. The van der Waals surface area contributed by atoms with Crippen LogP contribution in [0, 0.1) is 5.82 Å². The maximum Gasteiger partial charge on any atom is 0.319 e. The van der Waals surface area contributed by atoms with Crippen molar-refractivity contribution in [2.45, 2.75) is 32.9 Å². The van der Waals surface area contributed by atoms with Crippen LogP contribution in [0.1, 0.15) is 25.8 Å². The van der Waals surface area contributed by atoms with E-state index >= 15 is 0 Å². The summed E-state index contributed by atoms with van der Waals surface area (Å²) in [7, 11) is 0. The minimum Gasteiger partial charge on any atom is -0.489 e. The molecule has 23 heavy (non-hydrogen) atoms. The third-order valence-corrected chi connectivity index (χ3v) is 3.40. The molecule has 0 aromatic heterocycles. The Bertz CT molecular complexity index is 644. The van der Waals surface area contributed by atoms with Gasteiger partial charge in [0.15, 0.2) is 0 Å². The van der Waals surface area contributed by atoms with E-state index in [1.165, 1.54) is 12.1 Å². The predicted molar refractivity (Wildman–Crippen MR) is 89.1 cm³/mol. The molecular weight excluding hydrogens is 295 g/mol. The molecule has 0 spiro atoms. The van der Waals surface area contributed by atoms with Gasteiger partial charge in [0, 0.05) is 11.7 Å². The highest BCUT2D eigenvalue weighted by Crippen LogP contribution is 2.17. The van der Waals surface area contributed by atoms with Gasteiger partial charge in [0.1, 0.15) is 18.2 Å². The second kappa shape index (κ2) is 8.17. The predicted octanol–water partition coefficient (Wildman–Crippen LogP) is 4.32. The monoisotopic (exact) mass is 316 g/mol. The Morgan fingerprint density at radius 2 is 1.96 bits per heavy atom. The van der Waals surface area contributed by atoms with Crippen molar-refractivity contribution in [2.75, 3.05) is 5.32 Å². The molecule has 0 saturated heterocycles. The molecule has 0 fully saturated rings. The van der Waals surface area contributed by atoms with Crippen molar-refractivity contribution in [2.24, 2.45) is 0 Å². The third kappa shape index (κ3) is 5.62. The average molecular weight is 316 g/mol. The summed E-state index contributed by atoms with van der Waals surface area (Å²) in [5.41, 5.74) is 1.45. The van der Waals surface area contributed by atoms with Crippen LogP contribution in [-0.4, -0.2) is 12.1 Å². The number of nitrogens with one attached hydrogen (secondary N) is 2. The molecule has 2 amide bonds. The molecule has 2 rings (SSSR count). The molecule has 0 saturated carbocycles. The molecule has 4 nitrogen and oxygen atoms in total. The number of amides is 2. The second-order valence-electron chi connectivity index (χ2n) is 5.35. The number of carbonyl (C=O) groups excluding carboxylic acids is 1. The normalized spacial score (nSPS) is 11.6. The van der Waals surface area contributed by atoms with E-state index in [0.717, 1.165) is 12.0 Å². The lowest BCUT2D eigenvalue weighted by Gasteiger charge is -2.13. The van der Waals surface area contributed by atoms with Crippen molar-refractivity contribution < 1.29 is 13.9 Å². The Labute approximate surface area is 135 Å². The molecule has 0 aliphatic heterocycles. The first-order valence-corrected chi connectivity index (χ1v) is 7.61. The van der Waals surface area contributed by atoms with E-state index in [1.54, 1.807) is 36.4 Å². The summed E-state index contributed by atoms with van der Waals surface area (Å²) < 4.78 is 18.7. The van der Waals surface area contributed by atoms with E-state index in [4.69, 9.17) is 4.74 Å². The van der Waals surface area contributed by atoms with Crippen molar-refractivity contribution in [3.8, 4) is 5.75 Å². The standard InChI is InChI=1S/C18H21FN2O2/c1-3-13(2)20-18(22)21-16-7-9-17(10-8-16)23-12-14-5-4-6-15(19)11-14/h4-11,13H,3,12H2,1-2H3,(H2,20,21,22). The van der Waals surface area contributed by atoms with Crippen LogP contribution in [0.15, 0.2) is 48.5 Å². The Morgan fingerprint density at radius 3 is 2.61 bits per heavy atom. The number of urea groups is 1. The molecule has 0 radical (unpaired) electrons. The van der Waals surface area contributed by atoms with E-state index in [1.807, 2.05) is 13.8 Å². The number of carbonyl (C=O) groups is 1. The summed E-state index contributed by atoms with van der Waals surface area (Å²) in [6.07, 6.45) is 0.875. The van der Waals surface area contributed by atoms with Crippen LogP contribution in [-0.2, 0) is 6.61 Å². The van der Waals surface area contributed by atoms with Gasteiger partial charge in [0.25, 0.3) is 0 Å². The van der Waals surface area contributed by atoms with E-state index in [2.05, 4.69) is 10.6 Å². The molecule has 2 aromatic rings. The molecule has 0 heterocycles. The highest BCUT2D eigenvalue weighted by molar-refractivity contribution is 5.89. The number of hydrogen-bond donors (Lipinski definition) is 2. The first-order chi connectivity index (χ1) is 11.1. The summed E-state index contributed by atoms with van der Waals surface area (Å²) in [5, 5.41) is 5.59. The summed E-state index contributed by atoms with van der Waals surface area (Å²) in [4.78, 5) is 11.7. The van der Waals surface area contributed by atoms with Crippen LogP contribution in [0.5, 0.6) is 5.75 Å². The molecule has 0 aliphatic rings. The fourth-order valence-corrected chi connectivity index (χ4v) is 1.92. The highest BCUT2D eigenvalue weighted by atomic mass is 19.1. The summed E-state index contributed by atoms with van der Waals surface area (Å²) in [5.74, 6) is 0.375. The largest absolute Gasteiger partial charge is 0.489 e. The summed E-state index contributed by atoms with van der Waals surface area (Å²) >= 11 is 0. The fraction of sp³-hybridized carbons (Fsp3) is 0.278. The van der Waals surface area contributed by atoms with Gasteiger partial charge in [-0.2, -0.15) is 0 Å². The molecule has 0 aliphatic carbocycles. The molecular formula is C18H21FN2O2. The van der Waals surface area contributed by atoms with Gasteiger partial charge in [0.05, 0.1) is 0 Å². The maximum absolute atomic E-state index is 13.1. The van der Waals surface area contributed by atoms with E-state index < -0.39 is 0 Å². The molecule has 5 heteroatoms. The Kier molecular flexibility index (Phi) is 5.97. The van der Waals surface area contributed by atoms with Crippen LogP contribution >= 0.6 is 0 Å². The molecule has 1 atom stereocenters. The van der Waals surface area contributed by atoms with Crippen LogP contribution < -0.4 is 15.4 Å². The number of halogens is 1. The van der Waals surface area contributed by atoms with Crippen molar-refractivity contribution in [1.29, 1.82) is 0 Å². The van der Waals surface area contributed by atoms with Gasteiger partial charge in [-0.3, -0.25) is 0 Å². The van der Waals surface area contributed by atoms with Gasteiger partial charge < -0.3 is 15.4 Å². The van der Waals surface area contributed by atoms with Crippen molar-refractivity contribution in [3.05, 3.63) is 59.9 Å². The Hall–Kier alpha value is -2.56. The first-order valence-electron chi connectivity index (χ1n) is 7.61. The quantitative estimate of drug-likeness (QED) is 0.833. The zero-order valence-electron chi connectivity index (χ0n) is 13.3. The molecule has 0 bridgehead atoms. The lowest BCUT2D eigenvalue weighted by Crippen LogP contribution is -2.35. The van der Waals surface area contributed by atoms with Gasteiger partial charge >= 0.3 is 6.03 Å². The Morgan fingerprint density at radius 1 is 1.22 bits per heavy atom. The summed E-state index contributed by atoms with van der Waals surface area (Å²) in [6.45, 7) is 4.25. The highest BCUT2D eigenvalue weighted by Gasteiger charge is 2.05. The number of rotatable bonds is 6. The van der Waals surface area contributed by atoms with Gasteiger partial charge in [-0.1, -0.05) is 19.1 Å². The summed E-state index contributed by atoms with van der Waals surface area (Å²) in [6, 6.07) is 13.2. The lowest BCUT2D eigenvalue weighted by molar-refractivity contribution is 0.249. The number of ether oxygens (including phenoxy) is 1. The topological polar surface area (TPSA) is 50.4 Å². The van der Waals surface area contributed by atoms with Crippen LogP contribution in [0.2, 0.25) is 0 Å². The smallest absolute Gasteiger partial charge is 0.319 e. The van der Waals surface area contributed by atoms with Gasteiger partial charge in [-0.15, -0.1) is 0 Å². The SMILES string of the molecule is CCC(C)NC(=O)Nc1ccc(OCc2cccc(F)c2)cc1. The second-order valence-corrected chi connectivity index (χ2v) is 5.35. The van der Waals surface area contributed by atoms with Crippen molar-refractivity contribution in [3.63, 3.8) is 0 Å². The van der Waals surface area contributed by atoms with Gasteiger partial charge in [0.2, 0.25) is 0 Å². The minimum absolute atomic E-state index is 0.129.